The van der Waals surface area contributed by atoms with Crippen molar-refractivity contribution in [1.82, 2.24) is 0 Å². The molecule has 0 aromatic heterocycles. The largest absolute Gasteiger partial charge is 0.496 e. The third-order valence-electron chi connectivity index (χ3n) is 4.55. The minimum absolute atomic E-state index is 0.640. The van der Waals surface area contributed by atoms with Crippen LogP contribution in [0.3, 0.4) is 0 Å². The van der Waals surface area contributed by atoms with Crippen LogP contribution in [0.25, 0.3) is 0 Å². The summed E-state index contributed by atoms with van der Waals surface area (Å²) in [5, 5.41) is 10.9. The fourth-order valence-corrected chi connectivity index (χ4v) is 3.14. The first-order chi connectivity index (χ1) is 8.51. The van der Waals surface area contributed by atoms with Crippen LogP contribution >= 0.6 is 0 Å². The normalized spacial score (nSPS) is 27.5. The maximum atomic E-state index is 10.9. The predicted octanol–water partition coefficient (Wildman–Crippen LogP) is 3.71. The van der Waals surface area contributed by atoms with Crippen molar-refractivity contribution in [3.8, 4) is 5.75 Å². The minimum atomic E-state index is -0.690. The Balaban J connectivity index is 2.42. The molecule has 0 heterocycles. The highest BCUT2D eigenvalue weighted by molar-refractivity contribution is 5.48. The highest BCUT2D eigenvalue weighted by Crippen LogP contribution is 2.47. The van der Waals surface area contributed by atoms with E-state index >= 15 is 0 Å². The van der Waals surface area contributed by atoms with E-state index in [0.717, 1.165) is 42.6 Å². The van der Waals surface area contributed by atoms with E-state index < -0.39 is 5.60 Å². The molecule has 0 radical (unpaired) electrons. The standard InChI is InChI=1S/C16H24O2/c1-5-13-8-9-16(17,10-13)14-7-6-11(2)12(3)15(14)18-4/h6-7,13,17H,5,8-10H2,1-4H3. The molecule has 18 heavy (non-hydrogen) atoms. The number of aliphatic hydroxyl groups is 1. The molecule has 1 saturated carbocycles. The molecule has 0 aliphatic heterocycles. The van der Waals surface area contributed by atoms with Gasteiger partial charge in [0.05, 0.1) is 12.7 Å². The lowest BCUT2D eigenvalue weighted by molar-refractivity contribution is 0.0372. The molecular formula is C16H24O2. The predicted molar refractivity (Wildman–Crippen MR) is 74.0 cm³/mol. The zero-order valence-electron chi connectivity index (χ0n) is 11.9. The molecule has 2 rings (SSSR count). The van der Waals surface area contributed by atoms with Gasteiger partial charge in [-0.25, -0.2) is 0 Å². The van der Waals surface area contributed by atoms with Crippen molar-refractivity contribution >= 4 is 0 Å². The van der Waals surface area contributed by atoms with Crippen LogP contribution in [0.15, 0.2) is 12.1 Å². The van der Waals surface area contributed by atoms with Crippen LogP contribution < -0.4 is 4.74 Å². The Morgan fingerprint density at radius 3 is 2.67 bits per heavy atom. The maximum Gasteiger partial charge on any atom is 0.128 e. The molecule has 2 heteroatoms. The lowest BCUT2D eigenvalue weighted by Crippen LogP contribution is -2.23. The van der Waals surface area contributed by atoms with Crippen molar-refractivity contribution in [2.75, 3.05) is 7.11 Å². The Morgan fingerprint density at radius 2 is 2.11 bits per heavy atom. The molecule has 2 nitrogen and oxygen atoms in total. The molecule has 1 N–H and O–H groups in total. The monoisotopic (exact) mass is 248 g/mol. The van der Waals surface area contributed by atoms with Gasteiger partial charge in [-0.1, -0.05) is 25.5 Å². The second kappa shape index (κ2) is 4.93. The van der Waals surface area contributed by atoms with Crippen LogP contribution in [0, 0.1) is 19.8 Å². The number of methoxy groups -OCH3 is 1. The molecule has 1 aromatic carbocycles. The van der Waals surface area contributed by atoms with Gasteiger partial charge in [0.2, 0.25) is 0 Å². The van der Waals surface area contributed by atoms with Crippen LogP contribution in [-0.4, -0.2) is 12.2 Å². The zero-order chi connectivity index (χ0) is 13.3. The molecule has 1 aliphatic rings. The number of hydrogen-bond donors (Lipinski definition) is 1. The van der Waals surface area contributed by atoms with Gasteiger partial charge in [0, 0.05) is 5.56 Å². The lowest BCUT2D eigenvalue weighted by Gasteiger charge is -2.27. The van der Waals surface area contributed by atoms with Crippen molar-refractivity contribution in [3.63, 3.8) is 0 Å². The van der Waals surface area contributed by atoms with Gasteiger partial charge in [-0.3, -0.25) is 0 Å². The van der Waals surface area contributed by atoms with E-state index in [-0.39, 0.29) is 0 Å². The van der Waals surface area contributed by atoms with Gasteiger partial charge >= 0.3 is 0 Å². The molecule has 0 bridgehead atoms. The molecule has 1 aromatic rings. The Hall–Kier alpha value is -1.02. The zero-order valence-corrected chi connectivity index (χ0v) is 11.9. The van der Waals surface area contributed by atoms with Gasteiger partial charge in [-0.15, -0.1) is 0 Å². The van der Waals surface area contributed by atoms with Crippen LogP contribution in [0.2, 0.25) is 0 Å². The molecule has 0 saturated heterocycles. The van der Waals surface area contributed by atoms with Crippen molar-refractivity contribution in [3.05, 3.63) is 28.8 Å². The Morgan fingerprint density at radius 1 is 1.39 bits per heavy atom. The van der Waals surface area contributed by atoms with Crippen LogP contribution in [0.4, 0.5) is 0 Å². The first-order valence-electron chi connectivity index (χ1n) is 6.89. The summed E-state index contributed by atoms with van der Waals surface area (Å²) >= 11 is 0. The van der Waals surface area contributed by atoms with Crippen LogP contribution in [0.5, 0.6) is 5.75 Å². The highest BCUT2D eigenvalue weighted by atomic mass is 16.5. The molecule has 2 unspecified atom stereocenters. The summed E-state index contributed by atoms with van der Waals surface area (Å²) in [6, 6.07) is 4.13. The number of ether oxygens (including phenoxy) is 1. The summed E-state index contributed by atoms with van der Waals surface area (Å²) in [6.45, 7) is 6.34. The summed E-state index contributed by atoms with van der Waals surface area (Å²) in [6.07, 6.45) is 3.98. The average Bonchev–Trinajstić information content (AvgIpc) is 2.75. The SMILES string of the molecule is CCC1CCC(O)(c2ccc(C)c(C)c2OC)C1. The highest BCUT2D eigenvalue weighted by Gasteiger charge is 2.40. The van der Waals surface area contributed by atoms with E-state index in [0.29, 0.717) is 5.92 Å². The number of aryl methyl sites for hydroxylation is 1. The number of benzene rings is 1. The van der Waals surface area contributed by atoms with E-state index in [1.807, 2.05) is 6.07 Å². The van der Waals surface area contributed by atoms with E-state index in [9.17, 15) is 5.11 Å². The first kappa shape index (κ1) is 13.4. The van der Waals surface area contributed by atoms with Gasteiger partial charge in [-0.2, -0.15) is 0 Å². The van der Waals surface area contributed by atoms with Crippen LogP contribution in [0.1, 0.15) is 49.3 Å². The quantitative estimate of drug-likeness (QED) is 0.883. The van der Waals surface area contributed by atoms with Gasteiger partial charge in [0.1, 0.15) is 5.75 Å². The molecule has 1 fully saturated rings. The lowest BCUT2D eigenvalue weighted by atomic mass is 9.87. The van der Waals surface area contributed by atoms with Gasteiger partial charge in [0.15, 0.2) is 0 Å². The third-order valence-corrected chi connectivity index (χ3v) is 4.55. The van der Waals surface area contributed by atoms with Gasteiger partial charge < -0.3 is 9.84 Å². The second-order valence-electron chi connectivity index (χ2n) is 5.64. The molecule has 0 amide bonds. The Kier molecular flexibility index (Phi) is 3.67. The topological polar surface area (TPSA) is 29.5 Å². The first-order valence-corrected chi connectivity index (χ1v) is 6.89. The van der Waals surface area contributed by atoms with Crippen molar-refractivity contribution in [1.29, 1.82) is 0 Å². The number of rotatable bonds is 3. The second-order valence-corrected chi connectivity index (χ2v) is 5.64. The number of hydrogen-bond acceptors (Lipinski definition) is 2. The average molecular weight is 248 g/mol. The van der Waals surface area contributed by atoms with E-state index in [1.54, 1.807) is 7.11 Å². The summed E-state index contributed by atoms with van der Waals surface area (Å²) in [5.41, 5.74) is 2.64. The van der Waals surface area contributed by atoms with Gasteiger partial charge in [0.25, 0.3) is 0 Å². The summed E-state index contributed by atoms with van der Waals surface area (Å²) in [4.78, 5) is 0. The molecular weight excluding hydrogens is 224 g/mol. The summed E-state index contributed by atoms with van der Waals surface area (Å²) < 4.78 is 5.54. The fraction of sp³-hybridized carbons (Fsp3) is 0.625. The van der Waals surface area contributed by atoms with E-state index in [2.05, 4.69) is 26.8 Å². The molecule has 1 aliphatic carbocycles. The van der Waals surface area contributed by atoms with Gasteiger partial charge in [-0.05, 0) is 50.2 Å². The van der Waals surface area contributed by atoms with Crippen molar-refractivity contribution in [2.24, 2.45) is 5.92 Å². The van der Waals surface area contributed by atoms with Crippen molar-refractivity contribution < 1.29 is 9.84 Å². The summed E-state index contributed by atoms with van der Waals surface area (Å²) in [5.74, 6) is 1.51. The minimum Gasteiger partial charge on any atom is -0.496 e. The van der Waals surface area contributed by atoms with E-state index in [4.69, 9.17) is 4.74 Å². The Bertz CT molecular complexity index is 439. The van der Waals surface area contributed by atoms with Crippen molar-refractivity contribution in [2.45, 2.75) is 52.1 Å². The fourth-order valence-electron chi connectivity index (χ4n) is 3.14. The Labute approximate surface area is 110 Å². The molecule has 2 atom stereocenters. The van der Waals surface area contributed by atoms with E-state index in [1.165, 1.54) is 5.56 Å². The smallest absolute Gasteiger partial charge is 0.128 e. The van der Waals surface area contributed by atoms with Crippen LogP contribution in [-0.2, 0) is 5.60 Å². The summed E-state index contributed by atoms with van der Waals surface area (Å²) in [7, 11) is 1.70. The molecule has 100 valence electrons. The maximum absolute atomic E-state index is 10.9. The molecule has 0 spiro atoms. The third kappa shape index (κ3) is 2.14.